The van der Waals surface area contributed by atoms with Crippen molar-refractivity contribution in [3.8, 4) is 0 Å². The molecular formula is C21H30N8O. The van der Waals surface area contributed by atoms with Crippen LogP contribution < -0.4 is 25.3 Å². The molecule has 0 bridgehead atoms. The van der Waals surface area contributed by atoms with Crippen molar-refractivity contribution >= 4 is 29.2 Å². The van der Waals surface area contributed by atoms with E-state index in [9.17, 15) is 4.79 Å². The van der Waals surface area contributed by atoms with Crippen LogP contribution in [0.3, 0.4) is 0 Å². The van der Waals surface area contributed by atoms with Gasteiger partial charge in [0.1, 0.15) is 18.0 Å². The Hall–Kier alpha value is -2.94. The van der Waals surface area contributed by atoms with E-state index in [1.807, 2.05) is 0 Å². The summed E-state index contributed by atoms with van der Waals surface area (Å²) in [7, 11) is 2.06. The first-order chi connectivity index (χ1) is 14.6. The number of hydrogen-bond acceptors (Lipinski definition) is 7. The number of aromatic nitrogens is 3. The molecule has 1 fully saturated rings. The third-order valence-electron chi connectivity index (χ3n) is 5.74. The summed E-state index contributed by atoms with van der Waals surface area (Å²) in [5.41, 5.74) is 0.969. The minimum Gasteiger partial charge on any atom is -0.372 e. The van der Waals surface area contributed by atoms with Crippen LogP contribution in [0.2, 0.25) is 0 Å². The smallest absolute Gasteiger partial charge is 0.328 e. The Labute approximate surface area is 177 Å². The number of pyridine rings is 1. The normalized spacial score (nSPS) is 20.1. The molecule has 4 heterocycles. The Morgan fingerprint density at radius 2 is 2.07 bits per heavy atom. The molecule has 0 aliphatic carbocycles. The van der Waals surface area contributed by atoms with Gasteiger partial charge in [0, 0.05) is 45.5 Å². The first-order valence-electron chi connectivity index (χ1n) is 10.7. The van der Waals surface area contributed by atoms with E-state index >= 15 is 0 Å². The molecule has 2 aromatic heterocycles. The third-order valence-corrected chi connectivity index (χ3v) is 5.74. The highest BCUT2D eigenvalue weighted by Crippen LogP contribution is 2.34. The van der Waals surface area contributed by atoms with Crippen LogP contribution in [0.1, 0.15) is 26.2 Å². The van der Waals surface area contributed by atoms with Gasteiger partial charge in [-0.3, -0.25) is 10.2 Å². The Morgan fingerprint density at radius 1 is 1.17 bits per heavy atom. The summed E-state index contributed by atoms with van der Waals surface area (Å²) < 4.78 is 0. The Morgan fingerprint density at radius 3 is 2.90 bits per heavy atom. The molecule has 0 unspecified atom stereocenters. The van der Waals surface area contributed by atoms with E-state index in [4.69, 9.17) is 4.98 Å². The lowest BCUT2D eigenvalue weighted by atomic mass is 10.1. The van der Waals surface area contributed by atoms with Crippen LogP contribution in [0.25, 0.3) is 0 Å². The molecule has 0 spiro atoms. The van der Waals surface area contributed by atoms with Gasteiger partial charge in [-0.25, -0.2) is 19.7 Å². The van der Waals surface area contributed by atoms with Gasteiger partial charge in [0.15, 0.2) is 5.82 Å². The van der Waals surface area contributed by atoms with Crippen molar-refractivity contribution in [3.05, 3.63) is 30.7 Å². The fourth-order valence-electron chi connectivity index (χ4n) is 4.07. The number of nitrogens with one attached hydrogen (secondary N) is 2. The van der Waals surface area contributed by atoms with Crippen molar-refractivity contribution in [3.63, 3.8) is 0 Å². The van der Waals surface area contributed by atoms with Crippen molar-refractivity contribution in [2.24, 2.45) is 0 Å². The topological polar surface area (TPSA) is 89.5 Å². The molecule has 0 aromatic carbocycles. The monoisotopic (exact) mass is 410 g/mol. The number of fused-ring (bicyclic) bond motifs is 1. The van der Waals surface area contributed by atoms with Crippen molar-refractivity contribution < 1.29 is 4.79 Å². The number of carbonyl (C=O) groups is 1. The van der Waals surface area contributed by atoms with E-state index in [0.717, 1.165) is 63.5 Å². The lowest BCUT2D eigenvalue weighted by Gasteiger charge is -2.36. The van der Waals surface area contributed by atoms with Crippen molar-refractivity contribution in [1.82, 2.24) is 20.3 Å². The summed E-state index contributed by atoms with van der Waals surface area (Å²) in [5, 5.41) is 6.34. The summed E-state index contributed by atoms with van der Waals surface area (Å²) in [6.45, 7) is 6.84. The Balaban J connectivity index is 1.70. The number of anilines is 4. The molecular weight excluding hydrogens is 380 g/mol. The van der Waals surface area contributed by atoms with E-state index in [1.54, 1.807) is 17.2 Å². The highest BCUT2D eigenvalue weighted by atomic mass is 16.2. The van der Waals surface area contributed by atoms with E-state index in [0.29, 0.717) is 11.6 Å². The summed E-state index contributed by atoms with van der Waals surface area (Å²) in [6.07, 6.45) is 6.03. The average molecular weight is 411 g/mol. The van der Waals surface area contributed by atoms with Crippen molar-refractivity contribution in [2.45, 2.75) is 32.2 Å². The van der Waals surface area contributed by atoms with Crippen LogP contribution >= 0.6 is 0 Å². The van der Waals surface area contributed by atoms with Gasteiger partial charge in [0.25, 0.3) is 0 Å². The molecule has 9 heteroatoms. The Bertz CT molecular complexity index is 853. The van der Waals surface area contributed by atoms with Crippen LogP contribution in [0, 0.1) is 0 Å². The standard InChI is InChI=1S/C21H30N8O/c1-16-5-3-12-27(2)17-6-7-19(28-13-4-9-22-11-14-28)26-20(17)29(16)21(30)25-18-8-10-23-15-24-18/h6-8,10,15-16,22H,3-5,9,11-14H2,1-2H3,(H,23,24,25,30)/t16-/m1/s1. The van der Waals surface area contributed by atoms with Gasteiger partial charge in [-0.05, 0) is 50.9 Å². The number of carbonyl (C=O) groups excluding carboxylic acids is 1. The molecule has 2 amide bonds. The highest BCUT2D eigenvalue weighted by Gasteiger charge is 2.30. The molecule has 2 aromatic rings. The van der Waals surface area contributed by atoms with Gasteiger partial charge in [0.05, 0.1) is 5.69 Å². The second kappa shape index (κ2) is 9.25. The minimum absolute atomic E-state index is 0.0211. The highest BCUT2D eigenvalue weighted by molar-refractivity contribution is 6.03. The number of urea groups is 1. The molecule has 1 atom stereocenters. The SMILES string of the molecule is C[C@@H]1CCCN(C)c2ccc(N3CCCNCC3)nc2N1C(=O)Nc1ccncn1. The first-order valence-corrected chi connectivity index (χ1v) is 10.7. The lowest BCUT2D eigenvalue weighted by Crippen LogP contribution is -2.45. The summed E-state index contributed by atoms with van der Waals surface area (Å²) in [6, 6.07) is 5.66. The molecule has 1 saturated heterocycles. The van der Waals surface area contributed by atoms with Crippen LogP contribution in [-0.2, 0) is 0 Å². The minimum atomic E-state index is -0.222. The third kappa shape index (κ3) is 4.46. The van der Waals surface area contributed by atoms with Gasteiger partial charge < -0.3 is 15.1 Å². The van der Waals surface area contributed by atoms with Crippen molar-refractivity contribution in [2.75, 3.05) is 59.8 Å². The molecule has 160 valence electrons. The predicted molar refractivity (Wildman–Crippen MR) is 119 cm³/mol. The molecule has 2 aliphatic heterocycles. The number of hydrogen-bond donors (Lipinski definition) is 2. The first kappa shape index (κ1) is 20.3. The van der Waals surface area contributed by atoms with Gasteiger partial charge in [-0.2, -0.15) is 0 Å². The summed E-state index contributed by atoms with van der Waals surface area (Å²) >= 11 is 0. The zero-order chi connectivity index (χ0) is 20.9. The maximum absolute atomic E-state index is 13.3. The second-order valence-corrected chi connectivity index (χ2v) is 7.91. The number of rotatable bonds is 2. The quantitative estimate of drug-likeness (QED) is 0.785. The molecule has 9 nitrogen and oxygen atoms in total. The van der Waals surface area contributed by atoms with Gasteiger partial charge >= 0.3 is 6.03 Å². The van der Waals surface area contributed by atoms with Gasteiger partial charge in [0.2, 0.25) is 0 Å². The second-order valence-electron chi connectivity index (χ2n) is 7.91. The molecule has 0 radical (unpaired) electrons. The average Bonchev–Trinajstić information content (AvgIpc) is 3.03. The Kier molecular flexibility index (Phi) is 6.27. The fraction of sp³-hybridized carbons (Fsp3) is 0.524. The maximum atomic E-state index is 13.3. The zero-order valence-corrected chi connectivity index (χ0v) is 17.7. The molecule has 0 saturated carbocycles. The largest absolute Gasteiger partial charge is 0.372 e. The number of nitrogens with zero attached hydrogens (tertiary/aromatic N) is 6. The zero-order valence-electron chi connectivity index (χ0n) is 17.7. The maximum Gasteiger partial charge on any atom is 0.328 e. The number of amides is 2. The molecule has 4 rings (SSSR count). The molecule has 30 heavy (non-hydrogen) atoms. The van der Waals surface area contributed by atoms with Crippen LogP contribution in [0.4, 0.5) is 27.9 Å². The van der Waals surface area contributed by atoms with Crippen molar-refractivity contribution in [1.29, 1.82) is 0 Å². The van der Waals surface area contributed by atoms with E-state index in [2.05, 4.69) is 56.5 Å². The summed E-state index contributed by atoms with van der Waals surface area (Å²) in [5.74, 6) is 2.10. The van der Waals surface area contributed by atoms with E-state index in [-0.39, 0.29) is 12.1 Å². The van der Waals surface area contributed by atoms with Gasteiger partial charge in [-0.15, -0.1) is 0 Å². The lowest BCUT2D eigenvalue weighted by molar-refractivity contribution is 0.254. The molecule has 2 N–H and O–H groups in total. The predicted octanol–water partition coefficient (Wildman–Crippen LogP) is 2.33. The summed E-state index contributed by atoms with van der Waals surface area (Å²) in [4.78, 5) is 32.7. The van der Waals surface area contributed by atoms with E-state index in [1.165, 1.54) is 6.33 Å². The van der Waals surface area contributed by atoms with Gasteiger partial charge in [-0.1, -0.05) is 0 Å². The molecule has 2 aliphatic rings. The van der Waals surface area contributed by atoms with Crippen LogP contribution in [-0.4, -0.2) is 66.8 Å². The van der Waals surface area contributed by atoms with Crippen LogP contribution in [0.15, 0.2) is 30.7 Å². The fourth-order valence-corrected chi connectivity index (χ4v) is 4.07. The van der Waals surface area contributed by atoms with E-state index < -0.39 is 0 Å². The van der Waals surface area contributed by atoms with Crippen LogP contribution in [0.5, 0.6) is 0 Å².